The molecule has 0 aromatic heterocycles. The van der Waals surface area contributed by atoms with Crippen molar-refractivity contribution in [3.63, 3.8) is 0 Å². The summed E-state index contributed by atoms with van der Waals surface area (Å²) in [6, 6.07) is -1.25. The molecule has 4 amide bonds. The molecule has 0 saturated carbocycles. The van der Waals surface area contributed by atoms with Crippen LogP contribution in [-0.2, 0) is 57.3 Å². The molecule has 0 aromatic rings. The molecule has 1 rings (SSSR count). The largest absolute Gasteiger partial charge is 0.454 e. The monoisotopic (exact) mass is 544 g/mol. The van der Waals surface area contributed by atoms with E-state index in [-0.39, 0.29) is 0 Å². The number of hydrogen-bond acceptors (Lipinski definition) is 12. The normalized spacial score (nSPS) is 23.4. The van der Waals surface area contributed by atoms with Gasteiger partial charge in [-0.3, -0.25) is 28.8 Å². The van der Waals surface area contributed by atoms with Gasteiger partial charge in [0, 0.05) is 7.05 Å². The van der Waals surface area contributed by atoms with Gasteiger partial charge in [0.2, 0.25) is 0 Å². The van der Waals surface area contributed by atoms with E-state index in [1.807, 2.05) is 0 Å². The summed E-state index contributed by atoms with van der Waals surface area (Å²) in [6.45, 7) is 2.81. The van der Waals surface area contributed by atoms with Gasteiger partial charge in [-0.1, -0.05) is 0 Å². The third-order valence-corrected chi connectivity index (χ3v) is 5.17. The summed E-state index contributed by atoms with van der Waals surface area (Å²) in [6.07, 6.45) is 0. The van der Waals surface area contributed by atoms with Crippen LogP contribution in [-0.4, -0.2) is 110 Å². The zero-order valence-corrected chi connectivity index (χ0v) is 22.0. The molecule has 1 atom stereocenters. The van der Waals surface area contributed by atoms with Crippen LogP contribution in [0.25, 0.3) is 0 Å². The maximum Gasteiger partial charge on any atom is 0.331 e. The summed E-state index contributed by atoms with van der Waals surface area (Å²) in [5, 5.41) is 6.45. The molecule has 0 radical (unpaired) electrons. The molecule has 1 aliphatic heterocycles. The Kier molecular flexibility index (Phi) is 11.2. The van der Waals surface area contributed by atoms with Crippen molar-refractivity contribution in [3.05, 3.63) is 0 Å². The second kappa shape index (κ2) is 13.3. The molecule has 1 heterocycles. The van der Waals surface area contributed by atoms with Gasteiger partial charge >= 0.3 is 23.9 Å². The van der Waals surface area contributed by atoms with Gasteiger partial charge in [0.25, 0.3) is 23.6 Å². The van der Waals surface area contributed by atoms with E-state index >= 15 is 0 Å². The number of hydrogen-bond donors (Lipinski definition) is 3. The van der Waals surface area contributed by atoms with Crippen molar-refractivity contribution in [3.8, 4) is 0 Å². The van der Waals surface area contributed by atoms with E-state index in [1.165, 1.54) is 41.7 Å². The maximum atomic E-state index is 13.0. The van der Waals surface area contributed by atoms with Crippen LogP contribution in [0.4, 0.5) is 0 Å². The van der Waals surface area contributed by atoms with Crippen molar-refractivity contribution in [1.82, 2.24) is 20.9 Å². The highest BCUT2D eigenvalue weighted by atomic mass is 16.6. The number of cyclic esters (lactones) is 4. The fourth-order valence-electron chi connectivity index (χ4n) is 2.67. The van der Waals surface area contributed by atoms with Gasteiger partial charge in [-0.15, -0.1) is 0 Å². The van der Waals surface area contributed by atoms with Crippen molar-refractivity contribution >= 4 is 47.5 Å². The number of carbonyl (C=O) groups is 8. The van der Waals surface area contributed by atoms with Crippen molar-refractivity contribution in [2.75, 3.05) is 40.0 Å². The van der Waals surface area contributed by atoms with Crippen LogP contribution in [0.2, 0.25) is 0 Å². The highest BCUT2D eigenvalue weighted by Gasteiger charge is 2.44. The standard InChI is InChI=1S/C22H32N4O12/c1-12-18(32)38-22(4,5)19(33)26(6)21(2,3)20(34)37-10-14(28)24-7-16(30)35-9-13(27)23-8-17(31)36-11-15(29)25-12/h12H,7-11H2,1-6H3,(H,23,27)(H,24,28)(H,25,29). The zero-order chi connectivity index (χ0) is 29.3. The number of carbonyl (C=O) groups excluding carboxylic acids is 8. The third kappa shape index (κ3) is 9.67. The number of nitrogens with zero attached hydrogens (tertiary/aromatic N) is 1. The molecule has 3 N–H and O–H groups in total. The first kappa shape index (κ1) is 31.8. The molecule has 16 nitrogen and oxygen atoms in total. The quantitative estimate of drug-likeness (QED) is 0.205. The smallest absolute Gasteiger partial charge is 0.331 e. The summed E-state index contributed by atoms with van der Waals surface area (Å²) in [5.41, 5.74) is -3.41. The highest BCUT2D eigenvalue weighted by molar-refractivity contribution is 5.94. The Bertz CT molecular complexity index is 991. The van der Waals surface area contributed by atoms with Crippen molar-refractivity contribution in [2.45, 2.75) is 51.8 Å². The van der Waals surface area contributed by atoms with E-state index in [1.54, 1.807) is 0 Å². The van der Waals surface area contributed by atoms with Gasteiger partial charge in [0.1, 0.15) is 24.7 Å². The molecule has 38 heavy (non-hydrogen) atoms. The van der Waals surface area contributed by atoms with E-state index in [0.717, 1.165) is 4.90 Å². The van der Waals surface area contributed by atoms with Gasteiger partial charge in [-0.2, -0.15) is 0 Å². The summed E-state index contributed by atoms with van der Waals surface area (Å²) in [5.74, 6) is -7.37. The zero-order valence-electron chi connectivity index (χ0n) is 22.0. The van der Waals surface area contributed by atoms with Crippen LogP contribution in [0.3, 0.4) is 0 Å². The molecule has 1 saturated heterocycles. The highest BCUT2D eigenvalue weighted by Crippen LogP contribution is 2.22. The van der Waals surface area contributed by atoms with Crippen molar-refractivity contribution < 1.29 is 57.3 Å². The lowest BCUT2D eigenvalue weighted by Gasteiger charge is -2.38. The van der Waals surface area contributed by atoms with Crippen LogP contribution in [0.1, 0.15) is 34.6 Å². The molecule has 0 spiro atoms. The van der Waals surface area contributed by atoms with Gasteiger partial charge in [0.15, 0.2) is 25.4 Å². The van der Waals surface area contributed by atoms with E-state index in [2.05, 4.69) is 25.4 Å². The third-order valence-electron chi connectivity index (χ3n) is 5.17. The first-order valence-electron chi connectivity index (χ1n) is 11.3. The van der Waals surface area contributed by atoms with E-state index < -0.39 is 97.6 Å². The van der Waals surface area contributed by atoms with Crippen LogP contribution < -0.4 is 16.0 Å². The summed E-state index contributed by atoms with van der Waals surface area (Å²) < 4.78 is 19.5. The summed E-state index contributed by atoms with van der Waals surface area (Å²) in [7, 11) is 1.26. The van der Waals surface area contributed by atoms with E-state index in [9.17, 15) is 38.4 Å². The van der Waals surface area contributed by atoms with Gasteiger partial charge in [-0.05, 0) is 34.6 Å². The lowest BCUT2D eigenvalue weighted by atomic mass is 9.99. The van der Waals surface area contributed by atoms with Gasteiger partial charge < -0.3 is 39.8 Å². The van der Waals surface area contributed by atoms with Crippen LogP contribution in [0.5, 0.6) is 0 Å². The lowest BCUT2D eigenvalue weighted by molar-refractivity contribution is -0.178. The minimum atomic E-state index is -1.79. The first-order valence-corrected chi connectivity index (χ1v) is 11.3. The Morgan fingerprint density at radius 3 is 1.68 bits per heavy atom. The van der Waals surface area contributed by atoms with Crippen LogP contribution >= 0.6 is 0 Å². The topological polar surface area (TPSA) is 213 Å². The van der Waals surface area contributed by atoms with Crippen molar-refractivity contribution in [1.29, 1.82) is 0 Å². The molecule has 1 unspecified atom stereocenters. The first-order chi connectivity index (χ1) is 17.5. The Morgan fingerprint density at radius 1 is 0.737 bits per heavy atom. The molecule has 212 valence electrons. The molecule has 16 heteroatoms. The second-order valence-electron chi connectivity index (χ2n) is 9.09. The van der Waals surface area contributed by atoms with Crippen LogP contribution in [0.15, 0.2) is 0 Å². The molecule has 0 aromatic carbocycles. The van der Waals surface area contributed by atoms with Crippen molar-refractivity contribution in [2.24, 2.45) is 0 Å². The van der Waals surface area contributed by atoms with Crippen LogP contribution in [0, 0.1) is 0 Å². The molecular weight excluding hydrogens is 512 g/mol. The Hall–Kier alpha value is -4.24. The molecule has 1 aliphatic rings. The molecule has 1 fully saturated rings. The molecular formula is C22H32N4O12. The fourth-order valence-corrected chi connectivity index (χ4v) is 2.67. The lowest BCUT2D eigenvalue weighted by Crippen LogP contribution is -2.58. The van der Waals surface area contributed by atoms with E-state index in [0.29, 0.717) is 0 Å². The number of rotatable bonds is 0. The van der Waals surface area contributed by atoms with Gasteiger partial charge in [-0.25, -0.2) is 9.59 Å². The Balaban J connectivity index is 3.03. The minimum absolute atomic E-state index is 0.649. The summed E-state index contributed by atoms with van der Waals surface area (Å²) >= 11 is 0. The predicted octanol–water partition coefficient (Wildman–Crippen LogP) is -3.07. The van der Waals surface area contributed by atoms with Gasteiger partial charge in [0.05, 0.1) is 0 Å². The predicted molar refractivity (Wildman–Crippen MR) is 124 cm³/mol. The average Bonchev–Trinajstić information content (AvgIpc) is 2.84. The Labute approximate surface area is 218 Å². The second-order valence-corrected chi connectivity index (χ2v) is 9.09. The number of likely N-dealkylation sites (N-methyl/N-ethyl adjacent to an activating group) is 1. The fraction of sp³-hybridized carbons (Fsp3) is 0.636. The average molecular weight is 545 g/mol. The summed E-state index contributed by atoms with van der Waals surface area (Å²) in [4.78, 5) is 98.2. The molecule has 0 bridgehead atoms. The number of nitrogens with one attached hydrogen (secondary N) is 3. The van der Waals surface area contributed by atoms with E-state index in [4.69, 9.17) is 9.47 Å². The maximum absolute atomic E-state index is 13.0. The number of ether oxygens (including phenoxy) is 4. The Morgan fingerprint density at radius 2 is 1.18 bits per heavy atom. The number of esters is 4. The number of amides is 4. The SMILES string of the molecule is CC1NC(=O)COC(=O)CNC(=O)COC(=O)CNC(=O)COC(=O)C(C)(C)N(C)C(=O)C(C)(C)OC1=O. The molecule has 0 aliphatic carbocycles. The minimum Gasteiger partial charge on any atom is -0.454 e.